The molecule has 1 aromatic carbocycles. The first kappa shape index (κ1) is 15.5. The first-order chi connectivity index (χ1) is 10.1. The van der Waals surface area contributed by atoms with Gasteiger partial charge in [-0.25, -0.2) is 0 Å². The van der Waals surface area contributed by atoms with Crippen LogP contribution in [0.15, 0.2) is 30.3 Å². The van der Waals surface area contributed by atoms with E-state index < -0.39 is 11.3 Å². The predicted octanol–water partition coefficient (Wildman–Crippen LogP) is 3.17. The maximum absolute atomic E-state index is 12.4. The van der Waals surface area contributed by atoms with Gasteiger partial charge in [-0.1, -0.05) is 49.6 Å². The number of ether oxygens (including phenoxy) is 1. The molecule has 0 amide bonds. The molecule has 0 radical (unpaired) electrons. The van der Waals surface area contributed by atoms with E-state index in [-0.39, 0.29) is 17.4 Å². The third kappa shape index (κ3) is 3.23. The van der Waals surface area contributed by atoms with Crippen molar-refractivity contribution in [2.24, 2.45) is 5.41 Å². The van der Waals surface area contributed by atoms with E-state index in [0.29, 0.717) is 12.8 Å². The lowest BCUT2D eigenvalue weighted by atomic mass is 9.63. The first-order valence-electron chi connectivity index (χ1n) is 7.35. The summed E-state index contributed by atoms with van der Waals surface area (Å²) in [6.07, 6.45) is 4.21. The molecule has 1 aliphatic carbocycles. The monoisotopic (exact) mass is 291 g/mol. The summed E-state index contributed by atoms with van der Waals surface area (Å²) < 4.78 is 5.02. The number of methoxy groups -OCH3 is 1. The van der Waals surface area contributed by atoms with Gasteiger partial charge < -0.3 is 4.74 Å². The molecule has 5 heteroatoms. The van der Waals surface area contributed by atoms with Crippen molar-refractivity contribution < 1.29 is 14.5 Å². The van der Waals surface area contributed by atoms with E-state index in [1.54, 1.807) is 0 Å². The van der Waals surface area contributed by atoms with Gasteiger partial charge in [-0.2, -0.15) is 0 Å². The quantitative estimate of drug-likeness (QED) is 0.474. The molecule has 1 aromatic rings. The number of carbonyl (C=O) groups excluding carboxylic acids is 1. The van der Waals surface area contributed by atoms with Gasteiger partial charge in [-0.05, 0) is 18.4 Å². The average Bonchev–Trinajstić information content (AvgIpc) is 2.53. The number of hydrogen-bond acceptors (Lipinski definition) is 4. The molecule has 0 heterocycles. The Labute approximate surface area is 124 Å². The summed E-state index contributed by atoms with van der Waals surface area (Å²) >= 11 is 0. The largest absolute Gasteiger partial charge is 0.469 e. The van der Waals surface area contributed by atoms with Crippen molar-refractivity contribution in [3.8, 4) is 0 Å². The second-order valence-corrected chi connectivity index (χ2v) is 5.69. The van der Waals surface area contributed by atoms with Gasteiger partial charge in [-0.15, -0.1) is 0 Å². The minimum atomic E-state index is -0.762. The van der Waals surface area contributed by atoms with Crippen LogP contribution >= 0.6 is 0 Å². The summed E-state index contributed by atoms with van der Waals surface area (Å²) in [5, 5.41) is 11.1. The zero-order valence-electron chi connectivity index (χ0n) is 12.3. The zero-order chi connectivity index (χ0) is 15.3. The lowest BCUT2D eigenvalue weighted by Gasteiger charge is -2.39. The first-order valence-corrected chi connectivity index (χ1v) is 7.35. The molecule has 0 bridgehead atoms. The van der Waals surface area contributed by atoms with Crippen LogP contribution < -0.4 is 0 Å². The molecule has 0 spiro atoms. The lowest BCUT2D eigenvalue weighted by molar-refractivity contribution is -0.486. The second kappa shape index (κ2) is 6.70. The van der Waals surface area contributed by atoms with Crippen molar-refractivity contribution in [3.05, 3.63) is 46.0 Å². The van der Waals surface area contributed by atoms with Crippen LogP contribution in [0.25, 0.3) is 0 Å². The summed E-state index contributed by atoms with van der Waals surface area (Å²) in [6.45, 7) is -0.237. The maximum Gasteiger partial charge on any atom is 0.312 e. The van der Waals surface area contributed by atoms with Crippen molar-refractivity contribution in [2.45, 2.75) is 38.0 Å². The van der Waals surface area contributed by atoms with E-state index in [4.69, 9.17) is 4.74 Å². The zero-order valence-corrected chi connectivity index (χ0v) is 12.3. The topological polar surface area (TPSA) is 69.4 Å². The highest BCUT2D eigenvalue weighted by Crippen LogP contribution is 2.48. The normalized spacial score (nSPS) is 18.7. The Hall–Kier alpha value is -1.91. The fourth-order valence-corrected chi connectivity index (χ4v) is 3.51. The molecular formula is C16H21NO4. The minimum Gasteiger partial charge on any atom is -0.469 e. The SMILES string of the molecule is COC(=O)C1(C(C[N+](=O)[O-])c2ccccc2)CCCCC1. The van der Waals surface area contributed by atoms with Crippen LogP contribution in [0, 0.1) is 15.5 Å². The van der Waals surface area contributed by atoms with E-state index in [1.807, 2.05) is 30.3 Å². The van der Waals surface area contributed by atoms with Crippen LogP contribution in [-0.2, 0) is 9.53 Å². The molecule has 0 N–H and O–H groups in total. The molecule has 114 valence electrons. The van der Waals surface area contributed by atoms with Crippen LogP contribution in [0.3, 0.4) is 0 Å². The highest BCUT2D eigenvalue weighted by atomic mass is 16.6. The van der Waals surface area contributed by atoms with Crippen molar-refractivity contribution in [1.29, 1.82) is 0 Å². The Morgan fingerprint density at radius 2 is 1.90 bits per heavy atom. The van der Waals surface area contributed by atoms with Crippen molar-refractivity contribution in [3.63, 3.8) is 0 Å². The highest BCUT2D eigenvalue weighted by Gasteiger charge is 2.49. The third-order valence-corrected chi connectivity index (χ3v) is 4.54. The van der Waals surface area contributed by atoms with Gasteiger partial charge in [0.05, 0.1) is 18.4 Å². The average molecular weight is 291 g/mol. The molecule has 1 saturated carbocycles. The summed E-state index contributed by atoms with van der Waals surface area (Å²) in [7, 11) is 1.37. The highest BCUT2D eigenvalue weighted by molar-refractivity contribution is 5.78. The molecule has 1 unspecified atom stereocenters. The number of rotatable bonds is 5. The molecule has 5 nitrogen and oxygen atoms in total. The summed E-state index contributed by atoms with van der Waals surface area (Å²) in [5.74, 6) is -0.737. The molecule has 1 atom stereocenters. The standard InChI is InChI=1S/C16H21NO4/c1-21-15(18)16(10-6-3-7-11-16)14(12-17(19)20)13-8-4-2-5-9-13/h2,4-5,8-9,14H,3,6-7,10-12H2,1H3. The Morgan fingerprint density at radius 1 is 1.29 bits per heavy atom. The van der Waals surface area contributed by atoms with E-state index >= 15 is 0 Å². The molecular weight excluding hydrogens is 270 g/mol. The number of carbonyl (C=O) groups is 1. The molecule has 1 aliphatic rings. The van der Waals surface area contributed by atoms with Gasteiger partial charge >= 0.3 is 5.97 Å². The van der Waals surface area contributed by atoms with E-state index in [2.05, 4.69) is 0 Å². The van der Waals surface area contributed by atoms with Gasteiger partial charge in [0.2, 0.25) is 6.54 Å². The van der Waals surface area contributed by atoms with Crippen LogP contribution in [0.1, 0.15) is 43.6 Å². The van der Waals surface area contributed by atoms with Crippen molar-refractivity contribution in [1.82, 2.24) is 0 Å². The smallest absolute Gasteiger partial charge is 0.312 e. The minimum absolute atomic E-state index is 0.237. The van der Waals surface area contributed by atoms with Crippen LogP contribution in [0.4, 0.5) is 0 Å². The van der Waals surface area contributed by atoms with Gasteiger partial charge in [0.1, 0.15) is 0 Å². The van der Waals surface area contributed by atoms with E-state index in [1.165, 1.54) is 7.11 Å². The second-order valence-electron chi connectivity index (χ2n) is 5.69. The summed E-state index contributed by atoms with van der Waals surface area (Å²) in [5.41, 5.74) is 0.0861. The van der Waals surface area contributed by atoms with Gasteiger partial charge in [0.15, 0.2) is 0 Å². The van der Waals surface area contributed by atoms with Crippen LogP contribution in [0.5, 0.6) is 0 Å². The number of nitrogens with zero attached hydrogens (tertiary/aromatic N) is 1. The number of benzene rings is 1. The molecule has 21 heavy (non-hydrogen) atoms. The predicted molar refractivity (Wildman–Crippen MR) is 78.6 cm³/mol. The molecule has 0 aliphatic heterocycles. The summed E-state index contributed by atoms with van der Waals surface area (Å²) in [4.78, 5) is 23.3. The Kier molecular flexibility index (Phi) is 4.94. The Morgan fingerprint density at radius 3 is 2.43 bits per heavy atom. The molecule has 0 saturated heterocycles. The van der Waals surface area contributed by atoms with Gasteiger partial charge in [0.25, 0.3) is 0 Å². The van der Waals surface area contributed by atoms with E-state index in [9.17, 15) is 14.9 Å². The van der Waals surface area contributed by atoms with Crippen LogP contribution in [-0.4, -0.2) is 24.5 Å². The maximum atomic E-state index is 12.4. The molecule has 1 fully saturated rings. The number of esters is 1. The Bertz CT molecular complexity index is 494. The van der Waals surface area contributed by atoms with Crippen LogP contribution in [0.2, 0.25) is 0 Å². The molecule has 2 rings (SSSR count). The van der Waals surface area contributed by atoms with E-state index in [0.717, 1.165) is 24.8 Å². The number of hydrogen-bond donors (Lipinski definition) is 0. The van der Waals surface area contributed by atoms with Gasteiger partial charge in [0, 0.05) is 4.92 Å². The summed E-state index contributed by atoms with van der Waals surface area (Å²) in [6, 6.07) is 9.32. The van der Waals surface area contributed by atoms with Crippen molar-refractivity contribution in [2.75, 3.05) is 13.7 Å². The Balaban J connectivity index is 2.44. The number of nitro groups is 1. The fourth-order valence-electron chi connectivity index (χ4n) is 3.51. The fraction of sp³-hybridized carbons (Fsp3) is 0.562. The lowest BCUT2D eigenvalue weighted by Crippen LogP contribution is -2.42. The molecule has 0 aromatic heterocycles. The third-order valence-electron chi connectivity index (χ3n) is 4.54. The van der Waals surface area contributed by atoms with Gasteiger partial charge in [-0.3, -0.25) is 14.9 Å². The van der Waals surface area contributed by atoms with Crippen molar-refractivity contribution >= 4 is 5.97 Å².